The van der Waals surface area contributed by atoms with Gasteiger partial charge in [-0.2, -0.15) is 0 Å². The predicted octanol–water partition coefficient (Wildman–Crippen LogP) is 3.80. The molecule has 0 saturated carbocycles. The minimum atomic E-state index is -0.0146. The Morgan fingerprint density at radius 2 is 1.90 bits per heavy atom. The summed E-state index contributed by atoms with van der Waals surface area (Å²) < 4.78 is 0.696. The number of nitrogens with zero attached hydrogens (tertiary/aromatic N) is 1. The standard InChI is InChI=1S/C15H22BrClN2O/c1-15(2,3)14(19-8-6-18-7-9-19)12-11(17)5-4-10(16)13(12)20/h4-5,14,18,20H,6-9H2,1-3H3/t14-/m1/s1. The van der Waals surface area contributed by atoms with Crippen LogP contribution in [0.5, 0.6) is 5.75 Å². The molecule has 1 atom stereocenters. The molecule has 0 bridgehead atoms. The quantitative estimate of drug-likeness (QED) is 0.841. The molecule has 2 rings (SSSR count). The fourth-order valence-corrected chi connectivity index (χ4v) is 3.52. The molecule has 0 amide bonds. The highest BCUT2D eigenvalue weighted by Crippen LogP contribution is 2.46. The number of phenolic OH excluding ortho intramolecular Hbond substituents is 1. The van der Waals surface area contributed by atoms with Crippen molar-refractivity contribution in [3.63, 3.8) is 0 Å². The van der Waals surface area contributed by atoms with E-state index in [0.717, 1.165) is 31.7 Å². The van der Waals surface area contributed by atoms with Crippen LogP contribution < -0.4 is 5.32 Å². The molecule has 1 saturated heterocycles. The minimum Gasteiger partial charge on any atom is -0.506 e. The molecule has 0 radical (unpaired) electrons. The van der Waals surface area contributed by atoms with Gasteiger partial charge in [-0.15, -0.1) is 0 Å². The summed E-state index contributed by atoms with van der Waals surface area (Å²) in [6, 6.07) is 3.73. The van der Waals surface area contributed by atoms with E-state index in [-0.39, 0.29) is 17.2 Å². The maximum Gasteiger partial charge on any atom is 0.136 e. The third-order valence-corrected chi connectivity index (χ3v) is 4.69. The number of benzene rings is 1. The molecule has 5 heteroatoms. The van der Waals surface area contributed by atoms with Crippen molar-refractivity contribution in [1.82, 2.24) is 10.2 Å². The molecule has 1 fully saturated rings. The molecule has 3 nitrogen and oxygen atoms in total. The van der Waals surface area contributed by atoms with Gasteiger partial charge >= 0.3 is 0 Å². The molecule has 20 heavy (non-hydrogen) atoms. The molecule has 112 valence electrons. The number of halogens is 2. The van der Waals surface area contributed by atoms with E-state index in [1.54, 1.807) is 6.07 Å². The zero-order chi connectivity index (χ0) is 14.9. The Kier molecular flexibility index (Phi) is 5.00. The van der Waals surface area contributed by atoms with E-state index >= 15 is 0 Å². The molecule has 0 aliphatic carbocycles. The number of hydrogen-bond donors (Lipinski definition) is 2. The summed E-state index contributed by atoms with van der Waals surface area (Å²) in [7, 11) is 0. The van der Waals surface area contributed by atoms with Crippen LogP contribution >= 0.6 is 27.5 Å². The van der Waals surface area contributed by atoms with Crippen LogP contribution in [0.25, 0.3) is 0 Å². The zero-order valence-electron chi connectivity index (χ0n) is 12.2. The van der Waals surface area contributed by atoms with Crippen LogP contribution in [-0.4, -0.2) is 36.2 Å². The van der Waals surface area contributed by atoms with E-state index in [4.69, 9.17) is 11.6 Å². The van der Waals surface area contributed by atoms with E-state index in [0.29, 0.717) is 9.50 Å². The van der Waals surface area contributed by atoms with Crippen molar-refractivity contribution in [2.75, 3.05) is 26.2 Å². The Labute approximate surface area is 134 Å². The van der Waals surface area contributed by atoms with E-state index in [2.05, 4.69) is 46.9 Å². The molecular weight excluding hydrogens is 340 g/mol. The van der Waals surface area contributed by atoms with Crippen LogP contribution in [0, 0.1) is 5.41 Å². The number of phenols is 1. The highest BCUT2D eigenvalue weighted by atomic mass is 79.9. The van der Waals surface area contributed by atoms with Gasteiger partial charge in [-0.1, -0.05) is 32.4 Å². The van der Waals surface area contributed by atoms with Crippen molar-refractivity contribution in [3.05, 3.63) is 27.2 Å². The Morgan fingerprint density at radius 1 is 1.30 bits per heavy atom. The molecule has 2 N–H and O–H groups in total. The summed E-state index contributed by atoms with van der Waals surface area (Å²) in [6.07, 6.45) is 0. The predicted molar refractivity (Wildman–Crippen MR) is 87.5 cm³/mol. The van der Waals surface area contributed by atoms with Crippen LogP contribution in [0.15, 0.2) is 16.6 Å². The lowest BCUT2D eigenvalue weighted by molar-refractivity contribution is 0.0842. The Hall–Kier alpha value is -0.290. The van der Waals surface area contributed by atoms with Crippen molar-refractivity contribution in [2.45, 2.75) is 26.8 Å². The van der Waals surface area contributed by atoms with Gasteiger partial charge in [0, 0.05) is 42.8 Å². The van der Waals surface area contributed by atoms with Crippen molar-refractivity contribution in [3.8, 4) is 5.75 Å². The molecule has 0 spiro atoms. The Morgan fingerprint density at radius 3 is 2.45 bits per heavy atom. The molecule has 1 aromatic carbocycles. The summed E-state index contributed by atoms with van der Waals surface area (Å²) in [5.74, 6) is 0.260. The highest BCUT2D eigenvalue weighted by Gasteiger charge is 2.36. The fraction of sp³-hybridized carbons (Fsp3) is 0.600. The maximum absolute atomic E-state index is 10.5. The van der Waals surface area contributed by atoms with Crippen molar-refractivity contribution >= 4 is 27.5 Å². The monoisotopic (exact) mass is 360 g/mol. The lowest BCUT2D eigenvalue weighted by Gasteiger charge is -2.43. The third kappa shape index (κ3) is 3.30. The molecular formula is C15H22BrClN2O. The van der Waals surface area contributed by atoms with Gasteiger partial charge in [0.15, 0.2) is 0 Å². The second-order valence-electron chi connectivity index (χ2n) is 6.35. The van der Waals surface area contributed by atoms with Crippen molar-refractivity contribution < 1.29 is 5.11 Å². The number of rotatable bonds is 2. The summed E-state index contributed by atoms with van der Waals surface area (Å²) in [5, 5.41) is 14.5. The van der Waals surface area contributed by atoms with Gasteiger partial charge in [-0.05, 0) is 33.5 Å². The second-order valence-corrected chi connectivity index (χ2v) is 7.61. The van der Waals surface area contributed by atoms with Gasteiger partial charge in [-0.3, -0.25) is 4.90 Å². The average molecular weight is 362 g/mol. The van der Waals surface area contributed by atoms with Crippen LogP contribution in [-0.2, 0) is 0 Å². The minimum absolute atomic E-state index is 0.0146. The molecule has 0 aromatic heterocycles. The van der Waals surface area contributed by atoms with Gasteiger partial charge in [0.25, 0.3) is 0 Å². The first kappa shape index (κ1) is 16.1. The van der Waals surface area contributed by atoms with Gasteiger partial charge < -0.3 is 10.4 Å². The summed E-state index contributed by atoms with van der Waals surface area (Å²) >= 11 is 9.80. The fourth-order valence-electron chi connectivity index (χ4n) is 2.92. The first-order chi connectivity index (χ1) is 9.32. The summed E-state index contributed by atoms with van der Waals surface area (Å²) in [6.45, 7) is 10.4. The molecule has 1 heterocycles. The average Bonchev–Trinajstić information content (AvgIpc) is 2.39. The Balaban J connectivity index is 2.49. The van der Waals surface area contributed by atoms with Gasteiger partial charge in [0.1, 0.15) is 5.75 Å². The Bertz CT molecular complexity index is 481. The number of hydrogen-bond acceptors (Lipinski definition) is 3. The SMILES string of the molecule is CC(C)(C)[C@@H](c1c(Cl)ccc(Br)c1O)N1CCNCC1. The first-order valence-corrected chi connectivity index (χ1v) is 8.11. The van der Waals surface area contributed by atoms with Gasteiger partial charge in [0.05, 0.1) is 4.47 Å². The van der Waals surface area contributed by atoms with Crippen LogP contribution in [0.3, 0.4) is 0 Å². The van der Waals surface area contributed by atoms with E-state index in [9.17, 15) is 5.11 Å². The smallest absolute Gasteiger partial charge is 0.136 e. The normalized spacial score (nSPS) is 19.1. The van der Waals surface area contributed by atoms with Crippen LogP contribution in [0.1, 0.15) is 32.4 Å². The highest BCUT2D eigenvalue weighted by molar-refractivity contribution is 9.10. The first-order valence-electron chi connectivity index (χ1n) is 6.94. The lowest BCUT2D eigenvalue weighted by atomic mass is 9.80. The zero-order valence-corrected chi connectivity index (χ0v) is 14.6. The van der Waals surface area contributed by atoms with E-state index < -0.39 is 0 Å². The molecule has 0 unspecified atom stereocenters. The van der Waals surface area contributed by atoms with Crippen molar-refractivity contribution in [2.24, 2.45) is 5.41 Å². The molecule has 1 aliphatic rings. The molecule has 1 aliphatic heterocycles. The number of piperazine rings is 1. The van der Waals surface area contributed by atoms with Gasteiger partial charge in [0.2, 0.25) is 0 Å². The third-order valence-electron chi connectivity index (χ3n) is 3.73. The van der Waals surface area contributed by atoms with Gasteiger partial charge in [-0.25, -0.2) is 0 Å². The molecule has 1 aromatic rings. The summed E-state index contributed by atoms with van der Waals surface area (Å²) in [5.41, 5.74) is 0.814. The maximum atomic E-state index is 10.5. The van der Waals surface area contributed by atoms with Crippen molar-refractivity contribution in [1.29, 1.82) is 0 Å². The summed E-state index contributed by atoms with van der Waals surface area (Å²) in [4.78, 5) is 2.41. The second kappa shape index (κ2) is 6.22. The largest absolute Gasteiger partial charge is 0.506 e. The van der Waals surface area contributed by atoms with E-state index in [1.807, 2.05) is 6.07 Å². The van der Waals surface area contributed by atoms with E-state index in [1.165, 1.54) is 0 Å². The van der Waals surface area contributed by atoms with Crippen LogP contribution in [0.2, 0.25) is 5.02 Å². The number of nitrogens with one attached hydrogen (secondary N) is 1. The number of aromatic hydroxyl groups is 1. The van der Waals surface area contributed by atoms with Crippen LogP contribution in [0.4, 0.5) is 0 Å². The topological polar surface area (TPSA) is 35.5 Å². The lowest BCUT2D eigenvalue weighted by Crippen LogP contribution is -2.48.